The van der Waals surface area contributed by atoms with Crippen LogP contribution in [0.1, 0.15) is 29.5 Å². The van der Waals surface area contributed by atoms with E-state index in [9.17, 15) is 19.2 Å². The fourth-order valence-electron chi connectivity index (χ4n) is 5.11. The SMILES string of the molecule is COCCN1C(=O)C2C(CCC(=O)O)NC3(C(=O)Nc4c3ccc(C)c4C)C2C1=O. The number of hydrogen-bond donors (Lipinski definition) is 3. The van der Waals surface area contributed by atoms with Crippen molar-refractivity contribution in [2.75, 3.05) is 25.6 Å². The number of aliphatic carboxylic acids is 1. The van der Waals surface area contributed by atoms with E-state index in [4.69, 9.17) is 9.84 Å². The second-order valence-corrected chi connectivity index (χ2v) is 8.20. The molecule has 0 aromatic heterocycles. The summed E-state index contributed by atoms with van der Waals surface area (Å²) in [6.07, 6.45) is -0.0270. The highest BCUT2D eigenvalue weighted by molar-refractivity contribution is 6.15. The normalized spacial score (nSPS) is 29.5. The van der Waals surface area contributed by atoms with E-state index in [0.29, 0.717) is 11.3 Å². The summed E-state index contributed by atoms with van der Waals surface area (Å²) in [6.45, 7) is 4.13. The van der Waals surface area contributed by atoms with Gasteiger partial charge in [-0.3, -0.25) is 29.4 Å². The zero-order valence-corrected chi connectivity index (χ0v) is 17.2. The number of benzene rings is 1. The van der Waals surface area contributed by atoms with E-state index in [1.165, 1.54) is 7.11 Å². The Bertz CT molecular complexity index is 960. The number of ether oxygens (including phenoxy) is 1. The summed E-state index contributed by atoms with van der Waals surface area (Å²) in [4.78, 5) is 52.2. The predicted molar refractivity (Wildman–Crippen MR) is 106 cm³/mol. The molecule has 4 rings (SSSR count). The number of hydrogen-bond acceptors (Lipinski definition) is 6. The third-order valence-electron chi connectivity index (χ3n) is 6.70. The first-order valence-electron chi connectivity index (χ1n) is 9.99. The van der Waals surface area contributed by atoms with Gasteiger partial charge in [-0.05, 0) is 31.4 Å². The van der Waals surface area contributed by atoms with Gasteiger partial charge in [0.1, 0.15) is 5.54 Å². The number of methoxy groups -OCH3 is 1. The van der Waals surface area contributed by atoms with E-state index >= 15 is 0 Å². The molecule has 0 bridgehead atoms. The van der Waals surface area contributed by atoms with Crippen LogP contribution < -0.4 is 10.6 Å². The number of carbonyl (C=O) groups excluding carboxylic acids is 3. The van der Waals surface area contributed by atoms with Crippen LogP contribution in [0.3, 0.4) is 0 Å². The lowest BCUT2D eigenvalue weighted by atomic mass is 9.76. The van der Waals surface area contributed by atoms with Gasteiger partial charge in [-0.2, -0.15) is 0 Å². The first-order chi connectivity index (χ1) is 14.2. The summed E-state index contributed by atoms with van der Waals surface area (Å²) >= 11 is 0. The molecule has 0 radical (unpaired) electrons. The first-order valence-corrected chi connectivity index (χ1v) is 9.99. The maximum atomic E-state index is 13.4. The molecule has 0 saturated carbocycles. The molecule has 9 nitrogen and oxygen atoms in total. The van der Waals surface area contributed by atoms with Crippen LogP contribution in [0.5, 0.6) is 0 Å². The molecule has 1 spiro atoms. The number of nitrogens with zero attached hydrogens (tertiary/aromatic N) is 1. The molecular weight excluding hydrogens is 390 g/mol. The van der Waals surface area contributed by atoms with Crippen molar-refractivity contribution >= 4 is 29.4 Å². The molecule has 4 atom stereocenters. The fourth-order valence-corrected chi connectivity index (χ4v) is 5.11. The monoisotopic (exact) mass is 415 g/mol. The lowest BCUT2D eigenvalue weighted by molar-refractivity contribution is -0.144. The number of rotatable bonds is 6. The standard InChI is InChI=1S/C21H25N3O6/c1-10-4-5-12-17(11(10)2)22-20(29)21(12)16-15(13(23-21)6-7-14(25)26)18(27)24(19(16)28)8-9-30-3/h4-5,13,15-16,23H,6-9H2,1-3H3,(H,22,29)(H,25,26). The average molecular weight is 415 g/mol. The van der Waals surface area contributed by atoms with Crippen LogP contribution in [0.15, 0.2) is 12.1 Å². The highest BCUT2D eigenvalue weighted by Crippen LogP contribution is 2.54. The van der Waals surface area contributed by atoms with Gasteiger partial charge >= 0.3 is 5.97 Å². The second-order valence-electron chi connectivity index (χ2n) is 8.20. The van der Waals surface area contributed by atoms with Crippen LogP contribution in [0.2, 0.25) is 0 Å². The van der Waals surface area contributed by atoms with Crippen molar-refractivity contribution in [3.05, 3.63) is 28.8 Å². The molecule has 1 aromatic carbocycles. The highest BCUT2D eigenvalue weighted by Gasteiger charge is 2.70. The summed E-state index contributed by atoms with van der Waals surface area (Å²) in [7, 11) is 1.48. The fraction of sp³-hybridized carbons (Fsp3) is 0.524. The third-order valence-corrected chi connectivity index (χ3v) is 6.70. The number of nitrogens with one attached hydrogen (secondary N) is 2. The van der Waals surface area contributed by atoms with E-state index in [0.717, 1.165) is 16.0 Å². The average Bonchev–Trinajstić information content (AvgIpc) is 3.27. The zero-order valence-electron chi connectivity index (χ0n) is 17.2. The van der Waals surface area contributed by atoms with Gasteiger partial charge in [-0.25, -0.2) is 0 Å². The predicted octanol–water partition coefficient (Wildman–Crippen LogP) is 0.535. The van der Waals surface area contributed by atoms with Gasteiger partial charge in [-0.1, -0.05) is 12.1 Å². The van der Waals surface area contributed by atoms with Crippen molar-refractivity contribution in [1.29, 1.82) is 0 Å². The molecule has 3 heterocycles. The number of anilines is 1. The minimum Gasteiger partial charge on any atom is -0.481 e. The Hall–Kier alpha value is -2.78. The molecule has 30 heavy (non-hydrogen) atoms. The Balaban J connectivity index is 1.83. The summed E-state index contributed by atoms with van der Waals surface area (Å²) in [5.41, 5.74) is 1.80. The minimum atomic E-state index is -1.39. The van der Waals surface area contributed by atoms with Gasteiger partial charge in [-0.15, -0.1) is 0 Å². The maximum Gasteiger partial charge on any atom is 0.303 e. The molecule has 3 amide bonds. The molecule has 9 heteroatoms. The molecule has 3 N–H and O–H groups in total. The molecule has 4 unspecified atom stereocenters. The third kappa shape index (κ3) is 2.69. The van der Waals surface area contributed by atoms with Crippen LogP contribution in [0, 0.1) is 25.7 Å². The maximum absolute atomic E-state index is 13.4. The van der Waals surface area contributed by atoms with Crippen LogP contribution in [-0.2, 0) is 29.5 Å². The van der Waals surface area contributed by atoms with Crippen LogP contribution >= 0.6 is 0 Å². The van der Waals surface area contributed by atoms with E-state index in [2.05, 4.69) is 10.6 Å². The summed E-state index contributed by atoms with van der Waals surface area (Å²) < 4.78 is 5.03. The van der Waals surface area contributed by atoms with Crippen LogP contribution in [0.25, 0.3) is 0 Å². The van der Waals surface area contributed by atoms with Gasteiger partial charge in [0.15, 0.2) is 0 Å². The van der Waals surface area contributed by atoms with Crippen molar-refractivity contribution in [3.8, 4) is 0 Å². The smallest absolute Gasteiger partial charge is 0.303 e. The highest BCUT2D eigenvalue weighted by atomic mass is 16.5. The minimum absolute atomic E-state index is 0.101. The zero-order chi connectivity index (χ0) is 21.8. The van der Waals surface area contributed by atoms with Crippen molar-refractivity contribution < 1.29 is 29.0 Å². The summed E-state index contributed by atoms with van der Waals surface area (Å²) in [5.74, 6) is -3.91. The largest absolute Gasteiger partial charge is 0.481 e. The van der Waals surface area contributed by atoms with Gasteiger partial charge in [0.2, 0.25) is 17.7 Å². The van der Waals surface area contributed by atoms with E-state index < -0.39 is 35.3 Å². The van der Waals surface area contributed by atoms with Crippen molar-refractivity contribution in [2.24, 2.45) is 11.8 Å². The van der Waals surface area contributed by atoms with Crippen molar-refractivity contribution in [1.82, 2.24) is 10.2 Å². The molecule has 3 aliphatic rings. The van der Waals surface area contributed by atoms with Crippen LogP contribution in [0.4, 0.5) is 5.69 Å². The number of carboxylic acid groups (broad SMARTS) is 1. The number of likely N-dealkylation sites (tertiary alicyclic amines) is 1. The van der Waals surface area contributed by atoms with E-state index in [-0.39, 0.29) is 37.8 Å². The van der Waals surface area contributed by atoms with Crippen LogP contribution in [-0.4, -0.2) is 60.0 Å². The van der Waals surface area contributed by atoms with E-state index in [1.807, 2.05) is 26.0 Å². The first kappa shape index (κ1) is 20.5. The number of imide groups is 1. The Morgan fingerprint density at radius 1 is 1.23 bits per heavy atom. The van der Waals surface area contributed by atoms with Gasteiger partial charge in [0, 0.05) is 30.8 Å². The number of amides is 3. The van der Waals surface area contributed by atoms with Gasteiger partial charge in [0.05, 0.1) is 25.0 Å². The molecule has 3 aliphatic heterocycles. The summed E-state index contributed by atoms with van der Waals surface area (Å²) in [5, 5.41) is 15.3. The molecule has 1 aromatic rings. The molecular formula is C21H25N3O6. The van der Waals surface area contributed by atoms with E-state index in [1.54, 1.807) is 0 Å². The summed E-state index contributed by atoms with van der Waals surface area (Å²) in [6, 6.07) is 3.10. The van der Waals surface area contributed by atoms with Gasteiger partial charge < -0.3 is 15.2 Å². The molecule has 2 fully saturated rings. The Morgan fingerprint density at radius 3 is 2.63 bits per heavy atom. The molecule has 160 valence electrons. The molecule has 2 saturated heterocycles. The number of carboxylic acids is 1. The number of fused-ring (bicyclic) bond motifs is 4. The quantitative estimate of drug-likeness (QED) is 0.579. The second kappa shape index (κ2) is 7.17. The molecule has 0 aliphatic carbocycles. The lowest BCUT2D eigenvalue weighted by Gasteiger charge is -2.29. The Kier molecular flexibility index (Phi) is 4.90. The Morgan fingerprint density at radius 2 is 1.97 bits per heavy atom. The van der Waals surface area contributed by atoms with Crippen molar-refractivity contribution in [2.45, 2.75) is 38.3 Å². The van der Waals surface area contributed by atoms with Crippen molar-refractivity contribution in [3.63, 3.8) is 0 Å². The van der Waals surface area contributed by atoms with Gasteiger partial charge in [0.25, 0.3) is 0 Å². The topological polar surface area (TPSA) is 125 Å². The number of aryl methyl sites for hydroxylation is 1. The lowest BCUT2D eigenvalue weighted by Crippen LogP contribution is -2.53. The number of carbonyl (C=O) groups is 4. The Labute approximate surface area is 173 Å².